The Morgan fingerprint density at radius 3 is 3.00 bits per heavy atom. The molecule has 0 fully saturated rings. The van der Waals surface area contributed by atoms with Crippen LogP contribution in [0.25, 0.3) is 0 Å². The Morgan fingerprint density at radius 2 is 2.25 bits per heavy atom. The van der Waals surface area contributed by atoms with E-state index in [1.807, 2.05) is 24.3 Å². The molecule has 0 amide bonds. The van der Waals surface area contributed by atoms with Crippen molar-refractivity contribution in [3.05, 3.63) is 41.5 Å². The summed E-state index contributed by atoms with van der Waals surface area (Å²) in [5.41, 5.74) is 6.59. The molecule has 16 heavy (non-hydrogen) atoms. The highest BCUT2D eigenvalue weighted by molar-refractivity contribution is 5.37. The summed E-state index contributed by atoms with van der Waals surface area (Å²) in [4.78, 5) is 4.17. The molecular formula is C11H11N3O2. The summed E-state index contributed by atoms with van der Waals surface area (Å²) in [6.45, 7) is 0.281. The second-order valence-corrected chi connectivity index (χ2v) is 3.67. The number of para-hydroxylation sites is 1. The summed E-state index contributed by atoms with van der Waals surface area (Å²) >= 11 is 0. The number of fused-ring (bicyclic) bond motifs is 1. The van der Waals surface area contributed by atoms with Crippen molar-refractivity contribution in [3.8, 4) is 5.75 Å². The Balaban J connectivity index is 1.85. The van der Waals surface area contributed by atoms with Gasteiger partial charge in [-0.25, -0.2) is 0 Å². The van der Waals surface area contributed by atoms with Crippen molar-refractivity contribution in [1.82, 2.24) is 10.1 Å². The van der Waals surface area contributed by atoms with Crippen LogP contribution in [0.15, 0.2) is 28.8 Å². The Bertz CT molecular complexity index is 484. The number of rotatable bonds is 2. The summed E-state index contributed by atoms with van der Waals surface area (Å²) in [6, 6.07) is 7.91. The SMILES string of the molecule is NCc1noc(C2Cc3ccccc3O2)n1. The van der Waals surface area contributed by atoms with Gasteiger partial charge in [0.1, 0.15) is 5.75 Å². The molecule has 0 saturated carbocycles. The second kappa shape index (κ2) is 3.61. The van der Waals surface area contributed by atoms with Gasteiger partial charge in [-0.15, -0.1) is 0 Å². The van der Waals surface area contributed by atoms with Crippen LogP contribution in [0.1, 0.15) is 23.4 Å². The molecule has 1 aliphatic rings. The zero-order valence-electron chi connectivity index (χ0n) is 8.59. The van der Waals surface area contributed by atoms with Crippen molar-refractivity contribution in [2.24, 2.45) is 5.73 Å². The van der Waals surface area contributed by atoms with Crippen molar-refractivity contribution < 1.29 is 9.26 Å². The van der Waals surface area contributed by atoms with Gasteiger partial charge in [-0.3, -0.25) is 0 Å². The van der Waals surface area contributed by atoms with Gasteiger partial charge in [0.25, 0.3) is 5.89 Å². The van der Waals surface area contributed by atoms with Crippen LogP contribution in [0, 0.1) is 0 Å². The largest absolute Gasteiger partial charge is 0.480 e. The van der Waals surface area contributed by atoms with E-state index in [1.165, 1.54) is 5.56 Å². The van der Waals surface area contributed by atoms with Gasteiger partial charge in [0.15, 0.2) is 11.9 Å². The first kappa shape index (κ1) is 9.35. The van der Waals surface area contributed by atoms with E-state index in [9.17, 15) is 0 Å². The summed E-state index contributed by atoms with van der Waals surface area (Å²) in [5, 5.41) is 3.75. The number of benzene rings is 1. The first-order valence-electron chi connectivity index (χ1n) is 5.14. The average molecular weight is 217 g/mol. The summed E-state index contributed by atoms with van der Waals surface area (Å²) in [7, 11) is 0. The fourth-order valence-electron chi connectivity index (χ4n) is 1.80. The number of ether oxygens (including phenoxy) is 1. The Hall–Kier alpha value is -1.88. The van der Waals surface area contributed by atoms with E-state index in [-0.39, 0.29) is 12.6 Å². The van der Waals surface area contributed by atoms with E-state index in [4.69, 9.17) is 15.0 Å². The number of aromatic nitrogens is 2. The molecule has 1 atom stereocenters. The number of hydrogen-bond donors (Lipinski definition) is 1. The maximum absolute atomic E-state index is 5.71. The second-order valence-electron chi connectivity index (χ2n) is 3.67. The lowest BCUT2D eigenvalue weighted by Crippen LogP contribution is -2.04. The van der Waals surface area contributed by atoms with Crippen LogP contribution in [0.3, 0.4) is 0 Å². The normalized spacial score (nSPS) is 18.2. The van der Waals surface area contributed by atoms with Crippen LogP contribution >= 0.6 is 0 Å². The summed E-state index contributed by atoms with van der Waals surface area (Å²) < 4.78 is 10.8. The van der Waals surface area contributed by atoms with Crippen LogP contribution in [0.5, 0.6) is 5.75 Å². The van der Waals surface area contributed by atoms with Gasteiger partial charge < -0.3 is 15.0 Å². The Labute approximate surface area is 92.2 Å². The average Bonchev–Trinajstić information content (AvgIpc) is 2.95. The first-order chi connectivity index (χ1) is 7.86. The lowest BCUT2D eigenvalue weighted by atomic mass is 10.1. The van der Waals surface area contributed by atoms with Gasteiger partial charge in [-0.2, -0.15) is 4.98 Å². The van der Waals surface area contributed by atoms with Crippen LogP contribution in [-0.2, 0) is 13.0 Å². The predicted molar refractivity (Wildman–Crippen MR) is 55.7 cm³/mol. The van der Waals surface area contributed by atoms with Crippen LogP contribution in [-0.4, -0.2) is 10.1 Å². The molecule has 3 rings (SSSR count). The highest BCUT2D eigenvalue weighted by Gasteiger charge is 2.28. The van der Waals surface area contributed by atoms with Crippen molar-refractivity contribution in [3.63, 3.8) is 0 Å². The molecule has 82 valence electrons. The number of nitrogens with zero attached hydrogens (tertiary/aromatic N) is 2. The zero-order chi connectivity index (χ0) is 11.0. The molecular weight excluding hydrogens is 206 g/mol. The minimum atomic E-state index is -0.176. The van der Waals surface area contributed by atoms with E-state index in [0.29, 0.717) is 11.7 Å². The molecule has 2 N–H and O–H groups in total. The van der Waals surface area contributed by atoms with E-state index < -0.39 is 0 Å². The summed E-state index contributed by atoms with van der Waals surface area (Å²) in [5.74, 6) is 1.89. The number of hydrogen-bond acceptors (Lipinski definition) is 5. The quantitative estimate of drug-likeness (QED) is 0.818. The smallest absolute Gasteiger partial charge is 0.268 e. The van der Waals surface area contributed by atoms with Crippen molar-refractivity contribution in [2.45, 2.75) is 19.1 Å². The first-order valence-corrected chi connectivity index (χ1v) is 5.14. The van der Waals surface area contributed by atoms with Gasteiger partial charge in [0.05, 0.1) is 6.54 Å². The Kier molecular flexibility index (Phi) is 2.11. The van der Waals surface area contributed by atoms with Crippen molar-refractivity contribution in [1.29, 1.82) is 0 Å². The molecule has 0 radical (unpaired) electrons. The highest BCUT2D eigenvalue weighted by Crippen LogP contribution is 2.35. The summed E-state index contributed by atoms with van der Waals surface area (Å²) in [6.07, 6.45) is 0.591. The third-order valence-corrected chi connectivity index (χ3v) is 2.59. The lowest BCUT2D eigenvalue weighted by Gasteiger charge is -2.03. The van der Waals surface area contributed by atoms with Gasteiger partial charge in [0, 0.05) is 6.42 Å². The Morgan fingerprint density at radius 1 is 1.38 bits per heavy atom. The van der Waals surface area contributed by atoms with Crippen molar-refractivity contribution in [2.75, 3.05) is 0 Å². The maximum Gasteiger partial charge on any atom is 0.268 e. The molecule has 0 bridgehead atoms. The van der Waals surface area contributed by atoms with Gasteiger partial charge >= 0.3 is 0 Å². The third-order valence-electron chi connectivity index (χ3n) is 2.59. The molecule has 0 spiro atoms. The molecule has 1 aromatic heterocycles. The van der Waals surface area contributed by atoms with Gasteiger partial charge in [-0.1, -0.05) is 23.4 Å². The molecule has 0 aliphatic carbocycles. The standard InChI is InChI=1S/C11H11N3O2/c12-6-10-13-11(16-14-10)9-5-7-3-1-2-4-8(7)15-9/h1-4,9H,5-6,12H2. The highest BCUT2D eigenvalue weighted by atomic mass is 16.5. The van der Waals surface area contributed by atoms with Crippen molar-refractivity contribution >= 4 is 0 Å². The van der Waals surface area contributed by atoms with E-state index in [1.54, 1.807) is 0 Å². The molecule has 2 heterocycles. The fraction of sp³-hybridized carbons (Fsp3) is 0.273. The van der Waals surface area contributed by atoms with Gasteiger partial charge in [-0.05, 0) is 11.6 Å². The van der Waals surface area contributed by atoms with Crippen LogP contribution in [0.4, 0.5) is 0 Å². The molecule has 1 unspecified atom stereocenters. The van der Waals surface area contributed by atoms with E-state index >= 15 is 0 Å². The molecule has 2 aromatic rings. The molecule has 1 aliphatic heterocycles. The molecule has 1 aromatic carbocycles. The fourth-order valence-corrected chi connectivity index (χ4v) is 1.80. The number of nitrogens with two attached hydrogens (primary N) is 1. The maximum atomic E-state index is 5.71. The lowest BCUT2D eigenvalue weighted by molar-refractivity contribution is 0.183. The molecule has 0 saturated heterocycles. The van der Waals surface area contributed by atoms with Gasteiger partial charge in [0.2, 0.25) is 0 Å². The minimum absolute atomic E-state index is 0.176. The van der Waals surface area contributed by atoms with Crippen LogP contribution < -0.4 is 10.5 Å². The zero-order valence-corrected chi connectivity index (χ0v) is 8.59. The topological polar surface area (TPSA) is 74.2 Å². The van der Waals surface area contributed by atoms with E-state index in [2.05, 4.69) is 10.1 Å². The molecule has 5 heteroatoms. The third kappa shape index (κ3) is 1.45. The van der Waals surface area contributed by atoms with E-state index in [0.717, 1.165) is 12.2 Å². The molecule has 5 nitrogen and oxygen atoms in total. The minimum Gasteiger partial charge on any atom is -0.480 e. The predicted octanol–water partition coefficient (Wildman–Crippen LogP) is 1.20. The monoisotopic (exact) mass is 217 g/mol. The van der Waals surface area contributed by atoms with Crippen LogP contribution in [0.2, 0.25) is 0 Å².